The third-order valence-electron chi connectivity index (χ3n) is 7.16. The zero-order chi connectivity index (χ0) is 29.5. The van der Waals surface area contributed by atoms with Crippen LogP contribution < -0.4 is 16.0 Å². The lowest BCUT2D eigenvalue weighted by atomic mass is 9.98. The number of hydrogen-bond donors (Lipinski definition) is 2. The fraction of sp³-hybridized carbons (Fsp3) is 0.276. The first kappa shape index (κ1) is 28.1. The van der Waals surface area contributed by atoms with Gasteiger partial charge in [-0.05, 0) is 42.2 Å². The number of carbonyl (C=O) groups is 1. The first-order valence-electron chi connectivity index (χ1n) is 13.1. The van der Waals surface area contributed by atoms with E-state index in [9.17, 15) is 22.4 Å². The monoisotopic (exact) mass is 570 g/mol. The molecular formula is C29H27F5N6O. The molecule has 1 aliphatic rings. The maximum absolute atomic E-state index is 15.1. The van der Waals surface area contributed by atoms with E-state index in [1.807, 2.05) is 32.0 Å². The van der Waals surface area contributed by atoms with E-state index < -0.39 is 29.4 Å². The Labute approximate surface area is 232 Å². The van der Waals surface area contributed by atoms with E-state index in [-0.39, 0.29) is 24.6 Å². The molecule has 0 bridgehead atoms. The molecule has 0 unspecified atom stereocenters. The van der Waals surface area contributed by atoms with Crippen LogP contribution in [0.15, 0.2) is 48.7 Å². The number of anilines is 2. The molecule has 0 saturated carbocycles. The van der Waals surface area contributed by atoms with E-state index in [1.165, 1.54) is 12.1 Å². The molecule has 5 rings (SSSR count). The third kappa shape index (κ3) is 5.33. The highest BCUT2D eigenvalue weighted by atomic mass is 19.4. The van der Waals surface area contributed by atoms with Gasteiger partial charge in [-0.15, -0.1) is 0 Å². The number of alkyl halides is 3. The standard InChI is InChI=1S/C29H27F5N6O/c1-3-16-6-5-7-17(4-2)25(16)40-26(18-8-9-24(21(30)12-18)37-28(35)41)20-15-39(11-10-23(20)38-40)27-22(31)13-19(14-36-27)29(32,33)34/h5-9,12-14H,3-4,10-11,15H2,1-2H3,(H3,35,37,41). The number of benzene rings is 2. The summed E-state index contributed by atoms with van der Waals surface area (Å²) in [6.45, 7) is 4.39. The van der Waals surface area contributed by atoms with Crippen molar-refractivity contribution < 1.29 is 26.7 Å². The maximum atomic E-state index is 15.1. The lowest BCUT2D eigenvalue weighted by molar-refractivity contribution is -0.138. The zero-order valence-electron chi connectivity index (χ0n) is 22.3. The van der Waals surface area contributed by atoms with Crippen LogP contribution in [0, 0.1) is 11.6 Å². The van der Waals surface area contributed by atoms with Gasteiger partial charge in [-0.2, -0.15) is 18.3 Å². The minimum Gasteiger partial charge on any atom is -0.351 e. The van der Waals surface area contributed by atoms with Gasteiger partial charge in [0.05, 0.1) is 28.3 Å². The fourth-order valence-corrected chi connectivity index (χ4v) is 5.21. The predicted molar refractivity (Wildman–Crippen MR) is 145 cm³/mol. The maximum Gasteiger partial charge on any atom is 0.417 e. The van der Waals surface area contributed by atoms with Gasteiger partial charge >= 0.3 is 12.2 Å². The molecule has 0 saturated heterocycles. The number of nitrogens with zero attached hydrogens (tertiary/aromatic N) is 4. The summed E-state index contributed by atoms with van der Waals surface area (Å²) >= 11 is 0. The number of carbonyl (C=O) groups excluding carboxylic acids is 1. The van der Waals surface area contributed by atoms with Crippen molar-refractivity contribution in [3.8, 4) is 16.9 Å². The number of urea groups is 1. The van der Waals surface area contributed by atoms with Crippen molar-refractivity contribution in [3.05, 3.63) is 88.2 Å². The van der Waals surface area contributed by atoms with Gasteiger partial charge in [-0.3, -0.25) is 0 Å². The number of fused-ring (bicyclic) bond motifs is 1. The highest BCUT2D eigenvalue weighted by molar-refractivity contribution is 5.88. The summed E-state index contributed by atoms with van der Waals surface area (Å²) in [7, 11) is 0. The Morgan fingerprint density at radius 2 is 1.76 bits per heavy atom. The lowest BCUT2D eigenvalue weighted by Crippen LogP contribution is -2.32. The Kier molecular flexibility index (Phi) is 7.41. The van der Waals surface area contributed by atoms with Crippen LogP contribution in [0.2, 0.25) is 0 Å². The van der Waals surface area contributed by atoms with E-state index >= 15 is 4.39 Å². The molecule has 0 spiro atoms. The average Bonchev–Trinajstić information content (AvgIpc) is 3.31. The van der Waals surface area contributed by atoms with E-state index in [4.69, 9.17) is 10.8 Å². The minimum absolute atomic E-state index is 0.0820. The largest absolute Gasteiger partial charge is 0.417 e. The van der Waals surface area contributed by atoms with E-state index in [0.29, 0.717) is 54.0 Å². The number of rotatable bonds is 6. The molecule has 0 radical (unpaired) electrons. The van der Waals surface area contributed by atoms with Crippen molar-refractivity contribution in [2.75, 3.05) is 16.8 Å². The molecule has 1 aliphatic heterocycles. The van der Waals surface area contributed by atoms with Gasteiger partial charge in [0.15, 0.2) is 11.6 Å². The number of hydrogen-bond acceptors (Lipinski definition) is 4. The highest BCUT2D eigenvalue weighted by Crippen LogP contribution is 2.38. The smallest absolute Gasteiger partial charge is 0.351 e. The van der Waals surface area contributed by atoms with Crippen molar-refractivity contribution in [3.63, 3.8) is 0 Å². The summed E-state index contributed by atoms with van der Waals surface area (Å²) in [5.74, 6) is -2.02. The molecule has 3 N–H and O–H groups in total. The number of nitrogens with two attached hydrogens (primary N) is 1. The number of aryl methyl sites for hydroxylation is 2. The highest BCUT2D eigenvalue weighted by Gasteiger charge is 2.34. The topological polar surface area (TPSA) is 89.1 Å². The predicted octanol–water partition coefficient (Wildman–Crippen LogP) is 6.41. The summed E-state index contributed by atoms with van der Waals surface area (Å²) in [4.78, 5) is 16.7. The fourth-order valence-electron chi connectivity index (χ4n) is 5.21. The number of aromatic nitrogens is 3. The van der Waals surface area contributed by atoms with Gasteiger partial charge in [0.25, 0.3) is 0 Å². The number of halogens is 5. The van der Waals surface area contributed by atoms with Gasteiger partial charge in [-0.1, -0.05) is 38.1 Å². The van der Waals surface area contributed by atoms with Crippen molar-refractivity contribution in [1.82, 2.24) is 14.8 Å². The van der Waals surface area contributed by atoms with E-state index in [0.717, 1.165) is 16.8 Å². The summed E-state index contributed by atoms with van der Waals surface area (Å²) in [6, 6.07) is 9.75. The van der Waals surface area contributed by atoms with Gasteiger partial charge in [-0.25, -0.2) is 23.2 Å². The molecule has 0 aliphatic carbocycles. The zero-order valence-corrected chi connectivity index (χ0v) is 22.3. The van der Waals surface area contributed by atoms with Crippen LogP contribution >= 0.6 is 0 Å². The summed E-state index contributed by atoms with van der Waals surface area (Å²) in [5, 5.41) is 7.17. The quantitative estimate of drug-likeness (QED) is 0.262. The second-order valence-electron chi connectivity index (χ2n) is 9.70. The first-order valence-corrected chi connectivity index (χ1v) is 13.1. The first-order chi connectivity index (χ1) is 19.5. The molecular weight excluding hydrogens is 543 g/mol. The van der Waals surface area contributed by atoms with Gasteiger partial charge < -0.3 is 16.0 Å². The van der Waals surface area contributed by atoms with Gasteiger partial charge in [0.1, 0.15) is 5.82 Å². The average molecular weight is 571 g/mol. The van der Waals surface area contributed by atoms with Crippen LogP contribution in [0.4, 0.5) is 38.3 Å². The number of nitrogens with one attached hydrogen (secondary N) is 1. The van der Waals surface area contributed by atoms with E-state index in [1.54, 1.807) is 15.6 Å². The number of para-hydroxylation sites is 1. The summed E-state index contributed by atoms with van der Waals surface area (Å²) < 4.78 is 71.1. The molecule has 41 heavy (non-hydrogen) atoms. The van der Waals surface area contributed by atoms with Crippen LogP contribution in [0.3, 0.4) is 0 Å². The number of pyridine rings is 1. The number of amides is 2. The van der Waals surface area contributed by atoms with Crippen molar-refractivity contribution >= 4 is 17.5 Å². The molecule has 2 amide bonds. The Morgan fingerprint density at radius 3 is 2.34 bits per heavy atom. The van der Waals surface area contributed by atoms with E-state index in [2.05, 4.69) is 10.3 Å². The third-order valence-corrected chi connectivity index (χ3v) is 7.16. The molecule has 12 heteroatoms. The van der Waals surface area contributed by atoms with Crippen LogP contribution in [0.25, 0.3) is 16.9 Å². The lowest BCUT2D eigenvalue weighted by Gasteiger charge is -2.28. The second-order valence-corrected chi connectivity index (χ2v) is 9.70. The minimum atomic E-state index is -4.72. The van der Waals surface area contributed by atoms with Crippen LogP contribution in [0.5, 0.6) is 0 Å². The normalized spacial score (nSPS) is 13.3. The molecule has 0 fully saturated rings. The Hall–Kier alpha value is -4.48. The van der Waals surface area contributed by atoms with Crippen LogP contribution in [0.1, 0.15) is 41.8 Å². The molecule has 2 aromatic heterocycles. The Bertz CT molecular complexity index is 1610. The van der Waals surface area contributed by atoms with Crippen molar-refractivity contribution in [2.45, 2.75) is 45.8 Å². The summed E-state index contributed by atoms with van der Waals surface area (Å²) in [6.07, 6.45) is -2.34. The van der Waals surface area contributed by atoms with Gasteiger partial charge in [0.2, 0.25) is 0 Å². The van der Waals surface area contributed by atoms with Crippen molar-refractivity contribution in [1.29, 1.82) is 0 Å². The molecule has 7 nitrogen and oxygen atoms in total. The van der Waals surface area contributed by atoms with Gasteiger partial charge in [0, 0.05) is 36.8 Å². The van der Waals surface area contributed by atoms with Crippen molar-refractivity contribution in [2.24, 2.45) is 5.73 Å². The second kappa shape index (κ2) is 10.8. The molecule has 0 atom stereocenters. The SMILES string of the molecule is CCc1cccc(CC)c1-n1nc2c(c1-c1ccc(NC(N)=O)c(F)c1)CN(c1ncc(C(F)(F)F)cc1F)CC2. The molecule has 4 aromatic rings. The Balaban J connectivity index is 1.67. The molecule has 2 aromatic carbocycles. The number of primary amides is 1. The molecule has 3 heterocycles. The molecule has 214 valence electrons. The van der Waals surface area contributed by atoms with Crippen LogP contribution in [-0.4, -0.2) is 27.3 Å². The summed E-state index contributed by atoms with van der Waals surface area (Å²) in [5.41, 5.74) is 9.16. The van der Waals surface area contributed by atoms with Crippen LogP contribution in [-0.2, 0) is 32.0 Å². The Morgan fingerprint density at radius 1 is 1.05 bits per heavy atom.